The number of aromatic nitrogens is 1. The Kier molecular flexibility index (Phi) is 4.51. The van der Waals surface area contributed by atoms with Crippen molar-refractivity contribution in [2.45, 2.75) is 30.6 Å². The first-order chi connectivity index (χ1) is 10.2. The lowest BCUT2D eigenvalue weighted by atomic mass is 9.98. The van der Waals surface area contributed by atoms with Gasteiger partial charge in [0.05, 0.1) is 11.4 Å². The van der Waals surface area contributed by atoms with Gasteiger partial charge in [-0.15, -0.1) is 11.8 Å². The molecule has 0 saturated heterocycles. The first-order valence-corrected chi connectivity index (χ1v) is 8.24. The third kappa shape index (κ3) is 3.60. The third-order valence-corrected chi connectivity index (χ3v) is 4.66. The van der Waals surface area contributed by atoms with Crippen molar-refractivity contribution >= 4 is 35.2 Å². The quantitative estimate of drug-likeness (QED) is 0.866. The second-order valence-electron chi connectivity index (χ2n) is 4.93. The fraction of sp³-hybridized carbons (Fsp3) is 0.333. The van der Waals surface area contributed by atoms with Crippen molar-refractivity contribution in [2.75, 3.05) is 11.1 Å². The highest BCUT2D eigenvalue weighted by Gasteiger charge is 2.20. The molecular formula is C15H15ClN2O2S. The molecule has 0 spiro atoms. The van der Waals surface area contributed by atoms with Crippen LogP contribution in [0.3, 0.4) is 0 Å². The number of carbonyl (C=O) groups excluding carboxylic acids is 1. The van der Waals surface area contributed by atoms with Gasteiger partial charge < -0.3 is 4.52 Å². The average Bonchev–Trinajstić information content (AvgIpc) is 2.90. The van der Waals surface area contributed by atoms with Gasteiger partial charge in [-0.05, 0) is 49.9 Å². The highest BCUT2D eigenvalue weighted by Crippen LogP contribution is 2.28. The molecule has 1 aliphatic carbocycles. The van der Waals surface area contributed by atoms with Gasteiger partial charge in [-0.25, -0.2) is 0 Å². The van der Waals surface area contributed by atoms with Crippen LogP contribution in [-0.2, 0) is 17.6 Å². The van der Waals surface area contributed by atoms with Crippen LogP contribution in [0.1, 0.15) is 24.1 Å². The number of halogens is 1. The van der Waals surface area contributed by atoms with Gasteiger partial charge in [0, 0.05) is 15.5 Å². The maximum Gasteiger partial charge on any atom is 0.237 e. The van der Waals surface area contributed by atoms with Crippen molar-refractivity contribution in [3.63, 3.8) is 0 Å². The third-order valence-electron chi connectivity index (χ3n) is 3.40. The number of nitrogens with zero attached hydrogens (tertiary/aromatic N) is 1. The Balaban J connectivity index is 1.57. The van der Waals surface area contributed by atoms with Crippen LogP contribution in [0.5, 0.6) is 0 Å². The van der Waals surface area contributed by atoms with Crippen molar-refractivity contribution in [1.82, 2.24) is 5.16 Å². The van der Waals surface area contributed by atoms with Crippen LogP contribution in [0.25, 0.3) is 0 Å². The van der Waals surface area contributed by atoms with Gasteiger partial charge in [-0.1, -0.05) is 16.8 Å². The number of carbonyl (C=O) groups is 1. The van der Waals surface area contributed by atoms with Crippen LogP contribution in [0.15, 0.2) is 33.7 Å². The molecule has 0 unspecified atom stereocenters. The molecule has 1 aromatic carbocycles. The first-order valence-electron chi connectivity index (χ1n) is 6.88. The number of benzene rings is 1. The van der Waals surface area contributed by atoms with Crippen molar-refractivity contribution in [3.8, 4) is 0 Å². The Morgan fingerprint density at radius 1 is 1.29 bits per heavy atom. The number of nitrogens with one attached hydrogen (secondary N) is 1. The smallest absolute Gasteiger partial charge is 0.237 e. The van der Waals surface area contributed by atoms with E-state index in [0.29, 0.717) is 16.7 Å². The zero-order chi connectivity index (χ0) is 14.7. The van der Waals surface area contributed by atoms with Crippen LogP contribution >= 0.6 is 23.4 Å². The number of hydrogen-bond donors (Lipinski definition) is 1. The standard InChI is InChI=1S/C15H15ClN2O2S/c16-10-5-7-11(8-6-10)21-9-14(19)17-15-12-3-1-2-4-13(12)18-20-15/h5-8H,1-4,9H2,(H,17,19). The molecule has 6 heteroatoms. The van der Waals surface area contributed by atoms with Gasteiger partial charge in [0.15, 0.2) is 0 Å². The molecule has 3 rings (SSSR count). The van der Waals surface area contributed by atoms with E-state index in [4.69, 9.17) is 16.1 Å². The van der Waals surface area contributed by atoms with E-state index in [1.165, 1.54) is 11.8 Å². The summed E-state index contributed by atoms with van der Waals surface area (Å²) in [6, 6.07) is 7.43. The highest BCUT2D eigenvalue weighted by atomic mass is 35.5. The Labute approximate surface area is 132 Å². The topological polar surface area (TPSA) is 55.1 Å². The van der Waals surface area contributed by atoms with Gasteiger partial charge in [0.1, 0.15) is 0 Å². The Bertz CT molecular complexity index is 640. The minimum atomic E-state index is -0.0838. The summed E-state index contributed by atoms with van der Waals surface area (Å²) in [4.78, 5) is 13.0. The molecule has 1 aromatic heterocycles. The molecule has 0 bridgehead atoms. The predicted octanol–water partition coefficient (Wildman–Crippen LogP) is 3.94. The fourth-order valence-corrected chi connectivity index (χ4v) is 3.16. The molecule has 1 aliphatic rings. The van der Waals surface area contributed by atoms with E-state index < -0.39 is 0 Å². The number of rotatable bonds is 4. The van der Waals surface area contributed by atoms with Crippen LogP contribution in [0, 0.1) is 0 Å². The lowest BCUT2D eigenvalue weighted by Gasteiger charge is -2.09. The monoisotopic (exact) mass is 322 g/mol. The highest BCUT2D eigenvalue weighted by molar-refractivity contribution is 8.00. The zero-order valence-electron chi connectivity index (χ0n) is 11.4. The second kappa shape index (κ2) is 6.54. The number of amides is 1. The molecule has 0 atom stereocenters. The molecule has 110 valence electrons. The van der Waals surface area contributed by atoms with Crippen LogP contribution in [-0.4, -0.2) is 16.8 Å². The molecule has 4 nitrogen and oxygen atoms in total. The number of fused-ring (bicyclic) bond motifs is 1. The Morgan fingerprint density at radius 3 is 2.86 bits per heavy atom. The minimum Gasteiger partial charge on any atom is -0.338 e. The minimum absolute atomic E-state index is 0.0838. The van der Waals surface area contributed by atoms with Gasteiger partial charge in [-0.2, -0.15) is 0 Å². The molecule has 0 saturated carbocycles. The van der Waals surface area contributed by atoms with E-state index in [0.717, 1.165) is 41.8 Å². The van der Waals surface area contributed by atoms with E-state index in [-0.39, 0.29) is 5.91 Å². The molecule has 0 radical (unpaired) electrons. The summed E-state index contributed by atoms with van der Waals surface area (Å²) in [7, 11) is 0. The van der Waals surface area contributed by atoms with E-state index in [1.807, 2.05) is 24.3 Å². The fourth-order valence-electron chi connectivity index (χ4n) is 2.33. The number of thioether (sulfide) groups is 1. The van der Waals surface area contributed by atoms with E-state index in [2.05, 4.69) is 10.5 Å². The number of hydrogen-bond acceptors (Lipinski definition) is 4. The lowest BCUT2D eigenvalue weighted by Crippen LogP contribution is -2.15. The molecular weight excluding hydrogens is 308 g/mol. The average molecular weight is 323 g/mol. The van der Waals surface area contributed by atoms with Crippen LogP contribution < -0.4 is 5.32 Å². The SMILES string of the molecule is O=C(CSc1ccc(Cl)cc1)Nc1onc2c1CCCC2. The van der Waals surface area contributed by atoms with Crippen molar-refractivity contribution in [3.05, 3.63) is 40.5 Å². The molecule has 0 aliphatic heterocycles. The maximum absolute atomic E-state index is 12.0. The van der Waals surface area contributed by atoms with Crippen LogP contribution in [0.4, 0.5) is 5.88 Å². The molecule has 1 amide bonds. The Hall–Kier alpha value is -1.46. The van der Waals surface area contributed by atoms with Gasteiger partial charge in [0.25, 0.3) is 0 Å². The lowest BCUT2D eigenvalue weighted by molar-refractivity contribution is -0.113. The summed E-state index contributed by atoms with van der Waals surface area (Å²) < 4.78 is 5.25. The summed E-state index contributed by atoms with van der Waals surface area (Å²) in [5.41, 5.74) is 2.05. The van der Waals surface area contributed by atoms with E-state index in [1.54, 1.807) is 0 Å². The van der Waals surface area contributed by atoms with Crippen LogP contribution in [0.2, 0.25) is 5.02 Å². The summed E-state index contributed by atoms with van der Waals surface area (Å²) in [5, 5.41) is 7.54. The zero-order valence-corrected chi connectivity index (χ0v) is 13.0. The van der Waals surface area contributed by atoms with E-state index >= 15 is 0 Å². The summed E-state index contributed by atoms with van der Waals surface area (Å²) in [6.07, 6.45) is 4.13. The number of aryl methyl sites for hydroxylation is 1. The summed E-state index contributed by atoms with van der Waals surface area (Å²) in [5.74, 6) is 0.766. The van der Waals surface area contributed by atoms with Gasteiger partial charge in [-0.3, -0.25) is 10.1 Å². The first kappa shape index (κ1) is 14.5. The number of anilines is 1. The van der Waals surface area contributed by atoms with Crippen molar-refractivity contribution < 1.29 is 9.32 Å². The second-order valence-corrected chi connectivity index (χ2v) is 6.42. The van der Waals surface area contributed by atoms with Crippen molar-refractivity contribution in [2.24, 2.45) is 0 Å². The summed E-state index contributed by atoms with van der Waals surface area (Å²) >= 11 is 7.29. The van der Waals surface area contributed by atoms with E-state index in [9.17, 15) is 4.79 Å². The molecule has 0 fully saturated rings. The normalized spacial score (nSPS) is 13.8. The predicted molar refractivity (Wildman–Crippen MR) is 84.0 cm³/mol. The largest absolute Gasteiger partial charge is 0.338 e. The molecule has 1 N–H and O–H groups in total. The summed E-state index contributed by atoms with van der Waals surface area (Å²) in [6.45, 7) is 0. The molecule has 2 aromatic rings. The van der Waals surface area contributed by atoms with Gasteiger partial charge >= 0.3 is 0 Å². The van der Waals surface area contributed by atoms with Gasteiger partial charge in [0.2, 0.25) is 11.8 Å². The Morgan fingerprint density at radius 2 is 2.05 bits per heavy atom. The molecule has 1 heterocycles. The van der Waals surface area contributed by atoms with Crippen molar-refractivity contribution in [1.29, 1.82) is 0 Å². The molecule has 21 heavy (non-hydrogen) atoms. The maximum atomic E-state index is 12.0.